The summed E-state index contributed by atoms with van der Waals surface area (Å²) in [5.74, 6) is -0.184. The number of nitrogens with zero attached hydrogens (tertiary/aromatic N) is 3. The minimum Gasteiger partial charge on any atom is -0.459 e. The lowest BCUT2D eigenvalue weighted by Gasteiger charge is -2.34. The Labute approximate surface area is 183 Å². The topological polar surface area (TPSA) is 122 Å². The van der Waals surface area contributed by atoms with Crippen LogP contribution in [-0.2, 0) is 14.3 Å². The summed E-state index contributed by atoms with van der Waals surface area (Å²) in [7, 11) is 0. The van der Waals surface area contributed by atoms with Crippen LogP contribution in [0, 0.1) is 11.3 Å². The Morgan fingerprint density at radius 3 is 2.53 bits per heavy atom. The molecule has 2 aliphatic heterocycles. The van der Waals surface area contributed by atoms with E-state index in [0.29, 0.717) is 43.2 Å². The Morgan fingerprint density at radius 2 is 1.81 bits per heavy atom. The van der Waals surface area contributed by atoms with Crippen LogP contribution in [0.1, 0.15) is 16.1 Å². The largest absolute Gasteiger partial charge is 0.459 e. The van der Waals surface area contributed by atoms with Crippen molar-refractivity contribution in [2.75, 3.05) is 39.6 Å². The van der Waals surface area contributed by atoms with E-state index in [1.807, 2.05) is 0 Å². The third-order valence-corrected chi connectivity index (χ3v) is 5.03. The standard InChI is InChI=1S/C22H19N3O7/c23-12-16(10-15-3-4-17-19(11-15)32-14-31-17)22(28)30-13-20(26)24-5-7-25(8-6-24)21(27)18-2-1-9-29-18/h1-4,9-11H,5-8,13-14H2. The number of furan rings is 1. The fraction of sp³-hybridized carbons (Fsp3) is 0.273. The van der Waals surface area contributed by atoms with E-state index in [4.69, 9.17) is 18.6 Å². The Kier molecular flexibility index (Phi) is 6.07. The molecule has 0 spiro atoms. The van der Waals surface area contributed by atoms with Crippen molar-refractivity contribution < 1.29 is 33.0 Å². The van der Waals surface area contributed by atoms with Gasteiger partial charge in [0, 0.05) is 26.2 Å². The van der Waals surface area contributed by atoms with Crippen LogP contribution in [0.3, 0.4) is 0 Å². The molecule has 10 nitrogen and oxygen atoms in total. The van der Waals surface area contributed by atoms with E-state index in [0.717, 1.165) is 0 Å². The van der Waals surface area contributed by atoms with E-state index in [1.54, 1.807) is 41.3 Å². The highest BCUT2D eigenvalue weighted by Gasteiger charge is 2.26. The van der Waals surface area contributed by atoms with E-state index in [-0.39, 0.29) is 24.0 Å². The number of carbonyl (C=O) groups is 3. The van der Waals surface area contributed by atoms with E-state index < -0.39 is 18.5 Å². The van der Waals surface area contributed by atoms with E-state index >= 15 is 0 Å². The lowest BCUT2D eigenvalue weighted by atomic mass is 10.1. The van der Waals surface area contributed by atoms with Crippen molar-refractivity contribution in [3.63, 3.8) is 0 Å². The molecule has 0 unspecified atom stereocenters. The van der Waals surface area contributed by atoms with Crippen molar-refractivity contribution in [3.8, 4) is 17.6 Å². The number of amides is 2. The third-order valence-electron chi connectivity index (χ3n) is 5.03. The molecule has 0 atom stereocenters. The normalized spacial score (nSPS) is 15.3. The second-order valence-electron chi connectivity index (χ2n) is 7.01. The number of piperazine rings is 1. The molecular formula is C22H19N3O7. The number of carbonyl (C=O) groups excluding carboxylic acids is 3. The summed E-state index contributed by atoms with van der Waals surface area (Å²) < 4.78 is 20.6. The van der Waals surface area contributed by atoms with Crippen LogP contribution in [-0.4, -0.2) is 67.2 Å². The fourth-order valence-corrected chi connectivity index (χ4v) is 3.32. The monoisotopic (exact) mass is 437 g/mol. The molecule has 32 heavy (non-hydrogen) atoms. The number of nitriles is 1. The highest BCUT2D eigenvalue weighted by molar-refractivity contribution is 5.99. The van der Waals surface area contributed by atoms with Gasteiger partial charge in [-0.25, -0.2) is 4.79 Å². The molecule has 1 aromatic heterocycles. The average Bonchev–Trinajstić information content (AvgIpc) is 3.52. The van der Waals surface area contributed by atoms with Crippen molar-refractivity contribution in [1.29, 1.82) is 5.26 Å². The maximum Gasteiger partial charge on any atom is 0.349 e. The number of hydrogen-bond acceptors (Lipinski definition) is 8. The highest BCUT2D eigenvalue weighted by atomic mass is 16.7. The molecule has 1 saturated heterocycles. The van der Waals surface area contributed by atoms with Crippen molar-refractivity contribution in [2.45, 2.75) is 0 Å². The number of esters is 1. The molecule has 2 aromatic rings. The van der Waals surface area contributed by atoms with Gasteiger partial charge in [0.25, 0.3) is 11.8 Å². The number of ether oxygens (including phenoxy) is 3. The van der Waals surface area contributed by atoms with Crippen LogP contribution in [0.25, 0.3) is 6.08 Å². The molecule has 0 radical (unpaired) electrons. The van der Waals surface area contributed by atoms with Gasteiger partial charge in [-0.05, 0) is 35.9 Å². The summed E-state index contributed by atoms with van der Waals surface area (Å²) >= 11 is 0. The molecule has 2 amide bonds. The van der Waals surface area contributed by atoms with Crippen molar-refractivity contribution >= 4 is 23.9 Å². The molecule has 1 fully saturated rings. The molecule has 1 aromatic carbocycles. The summed E-state index contributed by atoms with van der Waals surface area (Å²) in [6, 6.07) is 10.0. The molecule has 4 rings (SSSR count). The lowest BCUT2D eigenvalue weighted by molar-refractivity contribution is -0.149. The molecule has 0 N–H and O–H groups in total. The molecule has 0 saturated carbocycles. The van der Waals surface area contributed by atoms with E-state index in [9.17, 15) is 19.6 Å². The molecule has 0 bridgehead atoms. The Morgan fingerprint density at radius 1 is 1.06 bits per heavy atom. The zero-order valence-corrected chi connectivity index (χ0v) is 17.0. The first-order chi connectivity index (χ1) is 15.5. The first-order valence-corrected chi connectivity index (χ1v) is 9.84. The van der Waals surface area contributed by atoms with E-state index in [2.05, 4.69) is 0 Å². The maximum absolute atomic E-state index is 12.4. The number of benzene rings is 1. The smallest absolute Gasteiger partial charge is 0.349 e. The van der Waals surface area contributed by atoms with Crippen molar-refractivity contribution in [2.24, 2.45) is 0 Å². The summed E-state index contributed by atoms with van der Waals surface area (Å²) in [6.07, 6.45) is 2.78. The summed E-state index contributed by atoms with van der Waals surface area (Å²) in [4.78, 5) is 40.0. The highest BCUT2D eigenvalue weighted by Crippen LogP contribution is 2.33. The Bertz CT molecular complexity index is 1090. The Hall–Kier alpha value is -4.26. The molecule has 10 heteroatoms. The van der Waals surface area contributed by atoms with Crippen LogP contribution in [0.2, 0.25) is 0 Å². The average molecular weight is 437 g/mol. The SMILES string of the molecule is N#CC(=Cc1ccc2c(c1)OCO2)C(=O)OCC(=O)N1CCN(C(=O)c2ccco2)CC1. The first kappa shape index (κ1) is 21.0. The number of hydrogen-bond donors (Lipinski definition) is 0. The minimum atomic E-state index is -0.898. The van der Waals surface area contributed by atoms with Gasteiger partial charge in [0.15, 0.2) is 23.9 Å². The predicted molar refractivity (Wildman–Crippen MR) is 108 cm³/mol. The van der Waals surface area contributed by atoms with Gasteiger partial charge in [-0.1, -0.05) is 6.07 Å². The van der Waals surface area contributed by atoms with Gasteiger partial charge in [-0.3, -0.25) is 9.59 Å². The van der Waals surface area contributed by atoms with Crippen LogP contribution < -0.4 is 9.47 Å². The third kappa shape index (κ3) is 4.57. The second-order valence-corrected chi connectivity index (χ2v) is 7.01. The molecule has 3 heterocycles. The van der Waals surface area contributed by atoms with Gasteiger partial charge < -0.3 is 28.4 Å². The predicted octanol–water partition coefficient (Wildman–Crippen LogP) is 1.44. The van der Waals surface area contributed by atoms with Crippen molar-refractivity contribution in [3.05, 3.63) is 53.5 Å². The molecule has 0 aliphatic carbocycles. The lowest BCUT2D eigenvalue weighted by Crippen LogP contribution is -2.51. The zero-order valence-electron chi connectivity index (χ0n) is 17.0. The molecule has 164 valence electrons. The van der Waals surface area contributed by atoms with Crippen LogP contribution in [0.5, 0.6) is 11.5 Å². The fourth-order valence-electron chi connectivity index (χ4n) is 3.32. The number of rotatable bonds is 5. The van der Waals surface area contributed by atoms with Crippen molar-refractivity contribution in [1.82, 2.24) is 9.80 Å². The second kappa shape index (κ2) is 9.26. The van der Waals surface area contributed by atoms with Gasteiger partial charge in [-0.15, -0.1) is 0 Å². The zero-order chi connectivity index (χ0) is 22.5. The van der Waals surface area contributed by atoms with E-state index in [1.165, 1.54) is 17.2 Å². The van der Waals surface area contributed by atoms with Crippen LogP contribution in [0.15, 0.2) is 46.6 Å². The van der Waals surface area contributed by atoms with Gasteiger partial charge in [0.2, 0.25) is 6.79 Å². The first-order valence-electron chi connectivity index (χ1n) is 9.84. The van der Waals surface area contributed by atoms with Gasteiger partial charge in [-0.2, -0.15) is 5.26 Å². The molecule has 2 aliphatic rings. The maximum atomic E-state index is 12.4. The quantitative estimate of drug-likeness (QED) is 0.391. The van der Waals surface area contributed by atoms with Gasteiger partial charge >= 0.3 is 5.97 Å². The Balaban J connectivity index is 1.28. The minimum absolute atomic E-state index is 0.114. The van der Waals surface area contributed by atoms with Crippen LogP contribution >= 0.6 is 0 Å². The summed E-state index contributed by atoms with van der Waals surface area (Å²) in [5, 5.41) is 9.31. The molecular weight excluding hydrogens is 418 g/mol. The number of fused-ring (bicyclic) bond motifs is 1. The summed E-state index contributed by atoms with van der Waals surface area (Å²) in [6.45, 7) is 0.912. The van der Waals surface area contributed by atoms with Gasteiger partial charge in [0.05, 0.1) is 6.26 Å². The van der Waals surface area contributed by atoms with Crippen LogP contribution in [0.4, 0.5) is 0 Å². The summed E-state index contributed by atoms with van der Waals surface area (Å²) in [5.41, 5.74) is 0.317. The van der Waals surface area contributed by atoms with Gasteiger partial charge in [0.1, 0.15) is 11.6 Å².